The van der Waals surface area contributed by atoms with Crippen molar-refractivity contribution in [2.45, 2.75) is 58.0 Å². The fourth-order valence-corrected chi connectivity index (χ4v) is 2.06. The minimum atomic E-state index is -1.99. The van der Waals surface area contributed by atoms with Crippen molar-refractivity contribution in [3.63, 3.8) is 0 Å². The Labute approximate surface area is 120 Å². The lowest BCUT2D eigenvalue weighted by molar-refractivity contribution is 0.116. The largest absolute Gasteiger partial charge is 0.396 e. The molecule has 0 aromatic heterocycles. The lowest BCUT2D eigenvalue weighted by Crippen LogP contribution is -1.95. The summed E-state index contributed by atoms with van der Waals surface area (Å²) < 4.78 is 19.7. The minimum Gasteiger partial charge on any atom is -0.396 e. The van der Waals surface area contributed by atoms with Gasteiger partial charge in [0.25, 0.3) is 0 Å². The van der Waals surface area contributed by atoms with Gasteiger partial charge in [-0.1, -0.05) is 68.9 Å². The van der Waals surface area contributed by atoms with E-state index in [2.05, 4.69) is 12.1 Å². The second-order valence-electron chi connectivity index (χ2n) is 4.92. The molecule has 0 unspecified atom stereocenters. The van der Waals surface area contributed by atoms with Gasteiger partial charge in [0.05, 0.1) is 9.35 Å². The van der Waals surface area contributed by atoms with E-state index in [0.29, 0.717) is 6.61 Å². The van der Waals surface area contributed by atoms with E-state index in [1.807, 2.05) is 18.2 Å². The highest BCUT2D eigenvalue weighted by atomic mass is 16.5. The van der Waals surface area contributed by atoms with Crippen molar-refractivity contribution in [3.8, 4) is 0 Å². The van der Waals surface area contributed by atoms with Gasteiger partial charge in [0.15, 0.2) is 0 Å². The quantitative estimate of drug-likeness (QED) is 0.571. The minimum absolute atomic E-state index is 0.250. The highest BCUT2D eigenvalue weighted by Gasteiger charge is 1.94. The molecular weight excluding hydrogens is 236 g/mol. The zero-order valence-corrected chi connectivity index (χ0v) is 11.8. The third kappa shape index (κ3) is 9.69. The summed E-state index contributed by atoms with van der Waals surface area (Å²) in [5, 5.41) is 8.94. The van der Waals surface area contributed by atoms with Gasteiger partial charge >= 0.3 is 0 Å². The first-order valence-electron chi connectivity index (χ1n) is 8.42. The van der Waals surface area contributed by atoms with E-state index in [1.165, 1.54) is 24.8 Å². The van der Waals surface area contributed by atoms with Gasteiger partial charge in [-0.2, -0.15) is 0 Å². The van der Waals surface area contributed by atoms with Gasteiger partial charge in [0.1, 0.15) is 0 Å². The number of rotatable bonds is 12. The Morgan fingerprint density at radius 3 is 2.05 bits per heavy atom. The molecule has 0 fully saturated rings. The molecule has 108 valence electrons. The first kappa shape index (κ1) is 13.1. The molecule has 19 heavy (non-hydrogen) atoms. The molecule has 0 heterocycles. The predicted octanol–water partition coefficient (Wildman–Crippen LogP) is 4.32. The predicted molar refractivity (Wildman–Crippen MR) is 80.1 cm³/mol. The van der Waals surface area contributed by atoms with E-state index < -0.39 is 6.56 Å². The van der Waals surface area contributed by atoms with Crippen molar-refractivity contribution >= 4 is 0 Å². The van der Waals surface area contributed by atoms with Gasteiger partial charge in [-0.3, -0.25) is 0 Å². The molecule has 1 aromatic rings. The molecule has 0 bridgehead atoms. The highest BCUT2D eigenvalue weighted by molar-refractivity contribution is 5.13. The second-order valence-corrected chi connectivity index (χ2v) is 4.92. The Balaban J connectivity index is 1.81. The van der Waals surface area contributed by atoms with Crippen molar-refractivity contribution in [2.75, 3.05) is 13.2 Å². The smallest absolute Gasteiger partial charge is 0.0716 e. The van der Waals surface area contributed by atoms with Crippen LogP contribution in [-0.2, 0) is 11.3 Å². The van der Waals surface area contributed by atoms with Crippen LogP contribution in [0.4, 0.5) is 0 Å². The summed E-state index contributed by atoms with van der Waals surface area (Å²) in [5.74, 6) is 0. The number of aliphatic hydroxyl groups is 1. The van der Waals surface area contributed by atoms with E-state index in [4.69, 9.17) is 12.6 Å². The van der Waals surface area contributed by atoms with Gasteiger partial charge in [-0.25, -0.2) is 0 Å². The molecule has 1 rings (SSSR count). The Morgan fingerprint density at radius 2 is 1.42 bits per heavy atom. The van der Waals surface area contributed by atoms with Gasteiger partial charge in [0.2, 0.25) is 0 Å². The van der Waals surface area contributed by atoms with Gasteiger partial charge in [0, 0.05) is 13.2 Å². The number of unbranched alkanes of at least 4 members (excludes halogenated alkanes) is 6. The molecule has 0 spiro atoms. The lowest BCUT2D eigenvalue weighted by Gasteiger charge is -2.04. The summed E-state index contributed by atoms with van der Waals surface area (Å²) in [6.45, 7) is -0.473. The first-order chi connectivity index (χ1) is 10.1. The number of benzene rings is 1. The van der Waals surface area contributed by atoms with E-state index in [0.717, 1.165) is 32.3 Å². The topological polar surface area (TPSA) is 29.5 Å². The van der Waals surface area contributed by atoms with Crippen LogP contribution >= 0.6 is 0 Å². The summed E-state index contributed by atoms with van der Waals surface area (Å²) >= 11 is 0. The first-order valence-corrected chi connectivity index (χ1v) is 7.42. The molecule has 0 aliphatic carbocycles. The third-order valence-corrected chi connectivity index (χ3v) is 3.19. The molecule has 2 nitrogen and oxygen atoms in total. The summed E-state index contributed by atoms with van der Waals surface area (Å²) in [7, 11) is 0. The number of ether oxygens (including phenoxy) is 1. The van der Waals surface area contributed by atoms with Crippen LogP contribution in [-0.4, -0.2) is 18.3 Å². The van der Waals surface area contributed by atoms with Gasteiger partial charge < -0.3 is 9.84 Å². The molecule has 1 N–H and O–H groups in total. The summed E-state index contributed by atoms with van der Waals surface area (Å²) in [4.78, 5) is 0. The SMILES string of the molecule is [2H]C([2H])(O)CCCCCCCCCOCc1ccccc1. The van der Waals surface area contributed by atoms with Crippen LogP contribution in [0.15, 0.2) is 30.3 Å². The average Bonchev–Trinajstić information content (AvgIpc) is 2.44. The lowest BCUT2D eigenvalue weighted by atomic mass is 10.1. The number of hydrogen-bond acceptors (Lipinski definition) is 2. The van der Waals surface area contributed by atoms with Crippen LogP contribution in [0.2, 0.25) is 0 Å². The zero-order valence-electron chi connectivity index (χ0n) is 13.8. The molecule has 0 radical (unpaired) electrons. The molecular formula is C17H28O2. The Hall–Kier alpha value is -0.860. The fourth-order valence-electron chi connectivity index (χ4n) is 2.06. The van der Waals surface area contributed by atoms with Crippen molar-refractivity contribution in [3.05, 3.63) is 35.9 Å². The van der Waals surface area contributed by atoms with Crippen LogP contribution in [0.5, 0.6) is 0 Å². The molecule has 0 saturated carbocycles. The fraction of sp³-hybridized carbons (Fsp3) is 0.647. The zero-order chi connectivity index (χ0) is 15.4. The summed E-state index contributed by atoms with van der Waals surface area (Å²) in [6, 6.07) is 10.2. The van der Waals surface area contributed by atoms with Crippen LogP contribution in [0.1, 0.15) is 59.7 Å². The monoisotopic (exact) mass is 266 g/mol. The van der Waals surface area contributed by atoms with Crippen LogP contribution < -0.4 is 0 Å². The number of hydrogen-bond donors (Lipinski definition) is 1. The maximum absolute atomic E-state index is 8.94. The van der Waals surface area contributed by atoms with Crippen molar-refractivity contribution < 1.29 is 12.6 Å². The Kier molecular flexibility index (Phi) is 8.43. The van der Waals surface area contributed by atoms with Gasteiger partial charge in [-0.05, 0) is 18.4 Å². The van der Waals surface area contributed by atoms with E-state index in [9.17, 15) is 0 Å². The highest BCUT2D eigenvalue weighted by Crippen LogP contribution is 2.09. The van der Waals surface area contributed by atoms with Gasteiger partial charge in [-0.15, -0.1) is 0 Å². The van der Waals surface area contributed by atoms with E-state index in [-0.39, 0.29) is 6.42 Å². The molecule has 0 aliphatic heterocycles. The maximum Gasteiger partial charge on any atom is 0.0716 e. The van der Waals surface area contributed by atoms with Crippen molar-refractivity contribution in [1.82, 2.24) is 0 Å². The molecule has 1 aromatic carbocycles. The van der Waals surface area contributed by atoms with Crippen LogP contribution in [0.3, 0.4) is 0 Å². The summed E-state index contributed by atoms with van der Waals surface area (Å²) in [5.41, 5.74) is 1.22. The molecule has 0 saturated heterocycles. The van der Waals surface area contributed by atoms with Crippen LogP contribution in [0.25, 0.3) is 0 Å². The van der Waals surface area contributed by atoms with E-state index >= 15 is 0 Å². The molecule has 0 aliphatic rings. The maximum atomic E-state index is 8.94. The van der Waals surface area contributed by atoms with Crippen LogP contribution in [0, 0.1) is 0 Å². The van der Waals surface area contributed by atoms with Crippen molar-refractivity contribution in [2.24, 2.45) is 0 Å². The summed E-state index contributed by atoms with van der Waals surface area (Å²) in [6.07, 6.45) is 7.84. The molecule has 2 heteroatoms. The van der Waals surface area contributed by atoms with Crippen molar-refractivity contribution in [1.29, 1.82) is 0 Å². The second kappa shape index (κ2) is 12.2. The average molecular weight is 266 g/mol. The molecule has 0 atom stereocenters. The Bertz CT molecular complexity index is 350. The Morgan fingerprint density at radius 1 is 0.842 bits per heavy atom. The van der Waals surface area contributed by atoms with E-state index in [1.54, 1.807) is 0 Å². The standard InChI is InChI=1S/C17H28O2/c18-14-10-5-3-1-2-4-6-11-15-19-16-17-12-8-7-9-13-17/h7-9,12-13,18H,1-6,10-11,14-16H2/i14D2. The normalized spacial score (nSPS) is 13.1. The third-order valence-electron chi connectivity index (χ3n) is 3.19. The molecule has 0 amide bonds.